The fourth-order valence-electron chi connectivity index (χ4n) is 3.13. The molecule has 0 aliphatic carbocycles. The van der Waals surface area contributed by atoms with Crippen LogP contribution >= 0.6 is 0 Å². The fourth-order valence-corrected chi connectivity index (χ4v) is 3.13. The Morgan fingerprint density at radius 1 is 1.39 bits per heavy atom. The van der Waals surface area contributed by atoms with Gasteiger partial charge < -0.3 is 14.9 Å². The third kappa shape index (κ3) is 3.46. The number of nitrogens with zero attached hydrogens (tertiary/aromatic N) is 3. The molecule has 2 N–H and O–H groups in total. The Hall–Kier alpha value is -2.11. The Kier molecular flexibility index (Phi) is 4.50. The number of likely N-dealkylation sites (tertiary alicyclic amines) is 1. The van der Waals surface area contributed by atoms with Crippen LogP contribution in [0.15, 0.2) is 6.20 Å². The molecule has 1 saturated heterocycles. The number of hydrogen-bond donors (Lipinski definition) is 2. The number of aromatic amines is 2. The van der Waals surface area contributed by atoms with E-state index in [-0.39, 0.29) is 5.91 Å². The summed E-state index contributed by atoms with van der Waals surface area (Å²) in [6.45, 7) is 7.70. The van der Waals surface area contributed by atoms with E-state index in [1.54, 1.807) is 0 Å². The lowest BCUT2D eigenvalue weighted by Crippen LogP contribution is -2.40. The first-order valence-electron chi connectivity index (χ1n) is 8.40. The molecule has 0 bridgehead atoms. The number of aryl methyl sites for hydroxylation is 3. The van der Waals surface area contributed by atoms with Gasteiger partial charge >= 0.3 is 0 Å². The van der Waals surface area contributed by atoms with Crippen LogP contribution < -0.4 is 0 Å². The van der Waals surface area contributed by atoms with Crippen molar-refractivity contribution in [3.05, 3.63) is 34.9 Å². The lowest BCUT2D eigenvalue weighted by atomic mass is 9.97. The SMILES string of the molecule is CCc1cnc(CC(=O)N2CCCC(c3nc(C)c(C)[nH]3)C2)[nH]1. The van der Waals surface area contributed by atoms with Crippen molar-refractivity contribution in [2.24, 2.45) is 0 Å². The first kappa shape index (κ1) is 15.8. The van der Waals surface area contributed by atoms with Crippen LogP contribution in [0.25, 0.3) is 0 Å². The van der Waals surface area contributed by atoms with Gasteiger partial charge in [-0.15, -0.1) is 0 Å². The van der Waals surface area contributed by atoms with Crippen LogP contribution in [0.4, 0.5) is 0 Å². The summed E-state index contributed by atoms with van der Waals surface area (Å²) in [4.78, 5) is 30.0. The van der Waals surface area contributed by atoms with Crippen molar-refractivity contribution in [1.82, 2.24) is 24.8 Å². The number of rotatable bonds is 4. The van der Waals surface area contributed by atoms with E-state index < -0.39 is 0 Å². The smallest absolute Gasteiger partial charge is 0.230 e. The predicted molar refractivity (Wildman–Crippen MR) is 88.3 cm³/mol. The normalized spacial score (nSPS) is 18.4. The van der Waals surface area contributed by atoms with Crippen LogP contribution in [0.5, 0.6) is 0 Å². The van der Waals surface area contributed by atoms with Crippen molar-refractivity contribution in [1.29, 1.82) is 0 Å². The van der Waals surface area contributed by atoms with Gasteiger partial charge in [-0.25, -0.2) is 9.97 Å². The Bertz CT molecular complexity index is 667. The number of piperidine rings is 1. The first-order chi connectivity index (χ1) is 11.1. The van der Waals surface area contributed by atoms with Crippen molar-refractivity contribution < 1.29 is 4.79 Å². The van der Waals surface area contributed by atoms with Crippen molar-refractivity contribution in [2.45, 2.75) is 52.4 Å². The molecule has 1 atom stereocenters. The van der Waals surface area contributed by atoms with E-state index in [1.807, 2.05) is 24.9 Å². The van der Waals surface area contributed by atoms with Gasteiger partial charge in [0, 0.05) is 36.6 Å². The molecule has 1 amide bonds. The van der Waals surface area contributed by atoms with E-state index in [4.69, 9.17) is 0 Å². The highest BCUT2D eigenvalue weighted by Crippen LogP contribution is 2.26. The highest BCUT2D eigenvalue weighted by molar-refractivity contribution is 5.78. The van der Waals surface area contributed by atoms with Crippen LogP contribution in [0.1, 0.15) is 54.4 Å². The van der Waals surface area contributed by atoms with Gasteiger partial charge in [0.15, 0.2) is 0 Å². The van der Waals surface area contributed by atoms with Crippen LogP contribution in [-0.2, 0) is 17.6 Å². The second-order valence-electron chi connectivity index (χ2n) is 6.40. The standard InChI is InChI=1S/C17H25N5O/c1-4-14-9-18-15(21-14)8-16(23)22-7-5-6-13(10-22)17-19-11(2)12(3)20-17/h9,13H,4-8,10H2,1-3H3,(H,18,21)(H,19,20). The van der Waals surface area contributed by atoms with Crippen molar-refractivity contribution >= 4 is 5.91 Å². The second-order valence-corrected chi connectivity index (χ2v) is 6.40. The second kappa shape index (κ2) is 6.56. The average Bonchev–Trinajstić information content (AvgIpc) is 3.14. The monoisotopic (exact) mass is 315 g/mol. The highest BCUT2D eigenvalue weighted by atomic mass is 16.2. The molecule has 3 heterocycles. The maximum atomic E-state index is 12.5. The number of carbonyl (C=O) groups is 1. The van der Waals surface area contributed by atoms with E-state index in [1.165, 1.54) is 0 Å². The quantitative estimate of drug-likeness (QED) is 0.908. The lowest BCUT2D eigenvalue weighted by Gasteiger charge is -2.31. The molecule has 23 heavy (non-hydrogen) atoms. The molecule has 6 heteroatoms. The van der Waals surface area contributed by atoms with Crippen molar-refractivity contribution in [2.75, 3.05) is 13.1 Å². The molecule has 2 aromatic rings. The summed E-state index contributed by atoms with van der Waals surface area (Å²) in [5.74, 6) is 2.23. The number of carbonyl (C=O) groups excluding carboxylic acids is 1. The minimum Gasteiger partial charge on any atom is -0.346 e. The van der Waals surface area contributed by atoms with Crippen LogP contribution in [0, 0.1) is 13.8 Å². The summed E-state index contributed by atoms with van der Waals surface area (Å²) in [5.41, 5.74) is 3.24. The molecule has 1 fully saturated rings. The molecule has 0 saturated carbocycles. The highest BCUT2D eigenvalue weighted by Gasteiger charge is 2.27. The molecule has 6 nitrogen and oxygen atoms in total. The Morgan fingerprint density at radius 2 is 2.22 bits per heavy atom. The maximum absolute atomic E-state index is 12.5. The summed E-state index contributed by atoms with van der Waals surface area (Å²) >= 11 is 0. The van der Waals surface area contributed by atoms with Crippen LogP contribution in [-0.4, -0.2) is 43.8 Å². The van der Waals surface area contributed by atoms with Crippen LogP contribution in [0.3, 0.4) is 0 Å². The van der Waals surface area contributed by atoms with Crippen molar-refractivity contribution in [3.63, 3.8) is 0 Å². The number of amides is 1. The van der Waals surface area contributed by atoms with E-state index in [0.29, 0.717) is 12.3 Å². The molecule has 1 aliphatic heterocycles. The molecule has 0 aromatic carbocycles. The molecular formula is C17H25N5O. The lowest BCUT2D eigenvalue weighted by molar-refractivity contribution is -0.131. The van der Waals surface area contributed by atoms with Gasteiger partial charge in [0.25, 0.3) is 0 Å². The molecule has 2 aromatic heterocycles. The minimum atomic E-state index is 0.145. The van der Waals surface area contributed by atoms with E-state index in [0.717, 1.165) is 61.1 Å². The van der Waals surface area contributed by atoms with Gasteiger partial charge in [-0.3, -0.25) is 4.79 Å². The van der Waals surface area contributed by atoms with Gasteiger partial charge in [0.05, 0.1) is 12.1 Å². The Balaban J connectivity index is 1.64. The summed E-state index contributed by atoms with van der Waals surface area (Å²) in [6, 6.07) is 0. The zero-order valence-corrected chi connectivity index (χ0v) is 14.1. The molecule has 0 radical (unpaired) electrons. The fraction of sp³-hybridized carbons (Fsp3) is 0.588. The topological polar surface area (TPSA) is 77.7 Å². The minimum absolute atomic E-state index is 0.145. The third-order valence-corrected chi connectivity index (χ3v) is 4.69. The van der Waals surface area contributed by atoms with E-state index >= 15 is 0 Å². The van der Waals surface area contributed by atoms with Gasteiger partial charge in [-0.2, -0.15) is 0 Å². The number of nitrogens with one attached hydrogen (secondary N) is 2. The van der Waals surface area contributed by atoms with Gasteiger partial charge in [0.1, 0.15) is 11.6 Å². The van der Waals surface area contributed by atoms with Gasteiger partial charge in [-0.1, -0.05) is 6.92 Å². The maximum Gasteiger partial charge on any atom is 0.230 e. The molecule has 3 rings (SSSR count). The average molecular weight is 315 g/mol. The number of H-pyrrole nitrogens is 2. The van der Waals surface area contributed by atoms with E-state index in [9.17, 15) is 4.79 Å². The largest absolute Gasteiger partial charge is 0.346 e. The third-order valence-electron chi connectivity index (χ3n) is 4.69. The van der Waals surface area contributed by atoms with Crippen LogP contribution in [0.2, 0.25) is 0 Å². The van der Waals surface area contributed by atoms with Gasteiger partial charge in [-0.05, 0) is 33.1 Å². The zero-order valence-electron chi connectivity index (χ0n) is 14.1. The number of imidazole rings is 2. The molecular weight excluding hydrogens is 290 g/mol. The summed E-state index contributed by atoms with van der Waals surface area (Å²) < 4.78 is 0. The van der Waals surface area contributed by atoms with Crippen molar-refractivity contribution in [3.8, 4) is 0 Å². The van der Waals surface area contributed by atoms with E-state index in [2.05, 4.69) is 26.9 Å². The first-order valence-corrected chi connectivity index (χ1v) is 8.40. The molecule has 1 aliphatic rings. The summed E-state index contributed by atoms with van der Waals surface area (Å²) in [6.07, 6.45) is 5.17. The number of hydrogen-bond acceptors (Lipinski definition) is 3. The Morgan fingerprint density at radius 3 is 2.87 bits per heavy atom. The van der Waals surface area contributed by atoms with Gasteiger partial charge in [0.2, 0.25) is 5.91 Å². The molecule has 1 unspecified atom stereocenters. The zero-order chi connectivity index (χ0) is 16.4. The number of aromatic nitrogens is 4. The Labute approximate surface area is 136 Å². The summed E-state index contributed by atoms with van der Waals surface area (Å²) in [5, 5.41) is 0. The summed E-state index contributed by atoms with van der Waals surface area (Å²) in [7, 11) is 0. The molecule has 0 spiro atoms. The molecule has 124 valence electrons. The predicted octanol–water partition coefficient (Wildman–Crippen LogP) is 2.26.